The van der Waals surface area contributed by atoms with Crippen molar-refractivity contribution in [2.24, 2.45) is 11.8 Å². The maximum absolute atomic E-state index is 11.6. The third-order valence-corrected chi connectivity index (χ3v) is 4.61. The number of hydrogen-bond acceptors (Lipinski definition) is 3. The van der Waals surface area contributed by atoms with Crippen molar-refractivity contribution in [3.8, 4) is 0 Å². The molecule has 2 aliphatic carbocycles. The molecule has 114 valence electrons. The maximum Gasteiger partial charge on any atom is 0.306 e. The van der Waals surface area contributed by atoms with Crippen LogP contribution in [0.15, 0.2) is 0 Å². The molecule has 4 nitrogen and oxygen atoms in total. The van der Waals surface area contributed by atoms with E-state index in [1.807, 2.05) is 0 Å². The summed E-state index contributed by atoms with van der Waals surface area (Å²) in [5.41, 5.74) is 0. The van der Waals surface area contributed by atoms with Crippen molar-refractivity contribution in [1.29, 1.82) is 0 Å². The molecular weight excluding hydrogens is 254 g/mol. The van der Waals surface area contributed by atoms with E-state index in [0.29, 0.717) is 18.3 Å². The van der Waals surface area contributed by atoms with Crippen molar-refractivity contribution in [2.75, 3.05) is 13.2 Å². The zero-order valence-corrected chi connectivity index (χ0v) is 12.4. The second-order valence-electron chi connectivity index (χ2n) is 6.32. The second-order valence-corrected chi connectivity index (χ2v) is 6.32. The Bertz CT molecular complexity index is 318. The van der Waals surface area contributed by atoms with Crippen molar-refractivity contribution in [3.63, 3.8) is 0 Å². The lowest BCUT2D eigenvalue weighted by molar-refractivity contribution is -0.149. The van der Waals surface area contributed by atoms with Gasteiger partial charge in [0.05, 0.1) is 0 Å². The number of amides is 1. The highest BCUT2D eigenvalue weighted by molar-refractivity contribution is 5.80. The highest BCUT2D eigenvalue weighted by Crippen LogP contribution is 2.27. The van der Waals surface area contributed by atoms with Crippen LogP contribution in [0.3, 0.4) is 0 Å². The molecule has 0 aromatic heterocycles. The van der Waals surface area contributed by atoms with Gasteiger partial charge in [-0.3, -0.25) is 9.59 Å². The molecule has 0 atom stereocenters. The van der Waals surface area contributed by atoms with E-state index in [4.69, 9.17) is 4.74 Å². The van der Waals surface area contributed by atoms with Gasteiger partial charge in [-0.1, -0.05) is 32.1 Å². The van der Waals surface area contributed by atoms with Gasteiger partial charge in [0.2, 0.25) is 0 Å². The number of nitrogens with one attached hydrogen (secondary N) is 1. The summed E-state index contributed by atoms with van der Waals surface area (Å²) in [6.07, 6.45) is 11.5. The molecule has 0 spiro atoms. The van der Waals surface area contributed by atoms with Gasteiger partial charge in [-0.25, -0.2) is 0 Å². The van der Waals surface area contributed by atoms with E-state index in [2.05, 4.69) is 5.32 Å². The topological polar surface area (TPSA) is 55.4 Å². The van der Waals surface area contributed by atoms with Gasteiger partial charge in [0, 0.05) is 13.0 Å². The Morgan fingerprint density at radius 3 is 2.20 bits per heavy atom. The monoisotopic (exact) mass is 281 g/mol. The Balaban J connectivity index is 1.53. The Labute approximate surface area is 121 Å². The molecule has 0 unspecified atom stereocenters. The van der Waals surface area contributed by atoms with Crippen molar-refractivity contribution < 1.29 is 14.3 Å². The van der Waals surface area contributed by atoms with Gasteiger partial charge >= 0.3 is 5.97 Å². The number of carbonyl (C=O) groups excluding carboxylic acids is 2. The Morgan fingerprint density at radius 2 is 1.50 bits per heavy atom. The molecule has 0 aromatic carbocycles. The SMILES string of the molecule is O=C(COC(=O)CC1CCCC1)NCC1CCCCC1. The molecule has 2 fully saturated rings. The Kier molecular flexibility index (Phi) is 6.34. The summed E-state index contributed by atoms with van der Waals surface area (Å²) in [7, 11) is 0. The summed E-state index contributed by atoms with van der Waals surface area (Å²) in [6, 6.07) is 0. The molecule has 0 radical (unpaired) electrons. The molecule has 4 heteroatoms. The molecule has 2 aliphatic rings. The average molecular weight is 281 g/mol. The summed E-state index contributed by atoms with van der Waals surface area (Å²) in [4.78, 5) is 23.2. The summed E-state index contributed by atoms with van der Waals surface area (Å²) in [5.74, 6) is 0.717. The minimum Gasteiger partial charge on any atom is -0.456 e. The number of esters is 1. The van der Waals surface area contributed by atoms with Gasteiger partial charge in [-0.2, -0.15) is 0 Å². The number of hydrogen-bond donors (Lipinski definition) is 1. The Morgan fingerprint density at radius 1 is 0.900 bits per heavy atom. The first-order valence-corrected chi connectivity index (χ1v) is 8.16. The molecule has 0 heterocycles. The first-order valence-electron chi connectivity index (χ1n) is 8.16. The molecule has 1 amide bonds. The molecule has 2 saturated carbocycles. The van der Waals surface area contributed by atoms with Crippen LogP contribution in [0.2, 0.25) is 0 Å². The van der Waals surface area contributed by atoms with Crippen LogP contribution in [0.25, 0.3) is 0 Å². The highest BCUT2D eigenvalue weighted by atomic mass is 16.5. The average Bonchev–Trinajstić information content (AvgIpc) is 2.97. The fraction of sp³-hybridized carbons (Fsp3) is 0.875. The molecular formula is C16H27NO3. The smallest absolute Gasteiger partial charge is 0.306 e. The van der Waals surface area contributed by atoms with Crippen molar-refractivity contribution in [3.05, 3.63) is 0 Å². The van der Waals surface area contributed by atoms with E-state index in [9.17, 15) is 9.59 Å². The van der Waals surface area contributed by atoms with E-state index < -0.39 is 0 Å². The zero-order chi connectivity index (χ0) is 14.2. The summed E-state index contributed by atoms with van der Waals surface area (Å²) < 4.78 is 5.05. The number of carbonyl (C=O) groups is 2. The van der Waals surface area contributed by atoms with Gasteiger partial charge in [0.15, 0.2) is 6.61 Å². The molecule has 1 N–H and O–H groups in total. The second kappa shape index (κ2) is 8.28. The normalized spacial score (nSPS) is 20.8. The van der Waals surface area contributed by atoms with Crippen LogP contribution in [0.4, 0.5) is 0 Å². The molecule has 0 aromatic rings. The number of rotatable bonds is 6. The minimum absolute atomic E-state index is 0.113. The van der Waals surface area contributed by atoms with E-state index in [1.165, 1.54) is 44.9 Å². The van der Waals surface area contributed by atoms with Gasteiger partial charge in [0.25, 0.3) is 5.91 Å². The predicted molar refractivity (Wildman–Crippen MR) is 77.1 cm³/mol. The highest BCUT2D eigenvalue weighted by Gasteiger charge is 2.20. The lowest BCUT2D eigenvalue weighted by Gasteiger charge is -2.21. The van der Waals surface area contributed by atoms with Gasteiger partial charge in [-0.05, 0) is 37.5 Å². The van der Waals surface area contributed by atoms with Gasteiger partial charge in [0.1, 0.15) is 0 Å². The molecule has 20 heavy (non-hydrogen) atoms. The van der Waals surface area contributed by atoms with Crippen molar-refractivity contribution >= 4 is 11.9 Å². The van der Waals surface area contributed by atoms with E-state index >= 15 is 0 Å². The standard InChI is InChI=1S/C16H27NO3/c18-15(17-11-14-8-2-1-3-9-14)12-20-16(19)10-13-6-4-5-7-13/h13-14H,1-12H2,(H,17,18). The molecule has 0 aliphatic heterocycles. The molecule has 0 saturated heterocycles. The van der Waals surface area contributed by atoms with Gasteiger partial charge in [-0.15, -0.1) is 0 Å². The summed E-state index contributed by atoms with van der Waals surface area (Å²) >= 11 is 0. The number of ether oxygens (including phenoxy) is 1. The van der Waals surface area contributed by atoms with E-state index in [0.717, 1.165) is 19.4 Å². The first-order chi connectivity index (χ1) is 9.74. The third-order valence-electron chi connectivity index (χ3n) is 4.61. The van der Waals surface area contributed by atoms with Crippen LogP contribution < -0.4 is 5.32 Å². The summed E-state index contributed by atoms with van der Waals surface area (Å²) in [6.45, 7) is 0.622. The Hall–Kier alpha value is -1.06. The largest absolute Gasteiger partial charge is 0.456 e. The summed E-state index contributed by atoms with van der Waals surface area (Å²) in [5, 5.41) is 2.89. The first kappa shape index (κ1) is 15.3. The fourth-order valence-corrected chi connectivity index (χ4v) is 3.36. The van der Waals surface area contributed by atoms with Crippen LogP contribution in [0.1, 0.15) is 64.2 Å². The van der Waals surface area contributed by atoms with Crippen LogP contribution in [-0.4, -0.2) is 25.0 Å². The lowest BCUT2D eigenvalue weighted by atomic mass is 9.89. The lowest BCUT2D eigenvalue weighted by Crippen LogP contribution is -2.33. The third kappa shape index (κ3) is 5.51. The van der Waals surface area contributed by atoms with Crippen LogP contribution in [0.5, 0.6) is 0 Å². The quantitative estimate of drug-likeness (QED) is 0.762. The molecule has 2 rings (SSSR count). The minimum atomic E-state index is -0.218. The van der Waals surface area contributed by atoms with Crippen molar-refractivity contribution in [1.82, 2.24) is 5.32 Å². The van der Waals surface area contributed by atoms with E-state index in [-0.39, 0.29) is 18.5 Å². The fourth-order valence-electron chi connectivity index (χ4n) is 3.36. The maximum atomic E-state index is 11.6. The van der Waals surface area contributed by atoms with Crippen LogP contribution in [-0.2, 0) is 14.3 Å². The molecule has 0 bridgehead atoms. The van der Waals surface area contributed by atoms with Crippen LogP contribution >= 0.6 is 0 Å². The zero-order valence-electron chi connectivity index (χ0n) is 12.4. The predicted octanol–water partition coefficient (Wildman–Crippen LogP) is 2.81. The van der Waals surface area contributed by atoms with Crippen LogP contribution in [0, 0.1) is 11.8 Å². The van der Waals surface area contributed by atoms with Crippen molar-refractivity contribution in [2.45, 2.75) is 64.2 Å². The van der Waals surface area contributed by atoms with Gasteiger partial charge < -0.3 is 10.1 Å². The van der Waals surface area contributed by atoms with E-state index in [1.54, 1.807) is 0 Å².